The van der Waals surface area contributed by atoms with E-state index < -0.39 is 0 Å². The Labute approximate surface area is 48.6 Å². The summed E-state index contributed by atoms with van der Waals surface area (Å²) in [7, 11) is 2.18. The Morgan fingerprint density at radius 3 is 2.50 bits per heavy atom. The average Bonchev–Trinajstić information content (AvgIpc) is 2.26. The number of likely N-dealkylation sites (N-methyl/N-ethyl adjacent to an activating group) is 1. The molecule has 4 unspecified atom stereocenters. The van der Waals surface area contributed by atoms with Gasteiger partial charge in [0.05, 0.1) is 0 Å². The van der Waals surface area contributed by atoms with Gasteiger partial charge >= 0.3 is 0 Å². The summed E-state index contributed by atoms with van der Waals surface area (Å²) in [4.78, 5) is 2.40. The van der Waals surface area contributed by atoms with Gasteiger partial charge in [0.25, 0.3) is 0 Å². The molecule has 2 aliphatic heterocycles. The molecule has 2 N–H and O–H groups in total. The van der Waals surface area contributed by atoms with Crippen molar-refractivity contribution in [2.24, 2.45) is 17.6 Å². The van der Waals surface area contributed by atoms with Crippen LogP contribution in [0.2, 0.25) is 0 Å². The van der Waals surface area contributed by atoms with Gasteiger partial charge in [-0.3, -0.25) is 0 Å². The van der Waals surface area contributed by atoms with Crippen LogP contribution >= 0.6 is 0 Å². The molecule has 2 heterocycles. The first-order valence-electron chi connectivity index (χ1n) is 3.25. The molecule has 2 heteroatoms. The number of nitrogens with zero attached hydrogens (tertiary/aromatic N) is 1. The van der Waals surface area contributed by atoms with E-state index in [0.29, 0.717) is 5.54 Å². The molecule has 2 nitrogen and oxygen atoms in total. The Bertz CT molecular complexity index is 160. The maximum absolute atomic E-state index is 5.94. The third-order valence-corrected chi connectivity index (χ3v) is 3.25. The predicted octanol–water partition coefficient (Wildman–Crippen LogP) is -0.743. The lowest BCUT2D eigenvalue weighted by Gasteiger charge is -2.04. The second-order valence-corrected chi connectivity index (χ2v) is 3.52. The highest BCUT2D eigenvalue weighted by Gasteiger charge is 2.90. The molecule has 4 rings (SSSR count). The minimum absolute atomic E-state index is 0.342. The summed E-state index contributed by atoms with van der Waals surface area (Å²) in [5, 5.41) is 0. The van der Waals surface area contributed by atoms with Crippen molar-refractivity contribution >= 4 is 0 Å². The van der Waals surface area contributed by atoms with E-state index in [-0.39, 0.29) is 0 Å². The van der Waals surface area contributed by atoms with Crippen molar-refractivity contribution in [2.75, 3.05) is 13.6 Å². The monoisotopic (exact) mass is 110 g/mol. The Hall–Kier alpha value is -0.0800. The zero-order chi connectivity index (χ0) is 5.52. The van der Waals surface area contributed by atoms with Crippen LogP contribution in [-0.2, 0) is 0 Å². The first-order valence-corrected chi connectivity index (χ1v) is 3.25. The lowest BCUT2D eigenvalue weighted by atomic mass is 10.2. The van der Waals surface area contributed by atoms with Gasteiger partial charge in [-0.25, -0.2) is 0 Å². The first kappa shape index (κ1) is 3.85. The van der Waals surface area contributed by atoms with Gasteiger partial charge in [0, 0.05) is 24.0 Å². The highest BCUT2D eigenvalue weighted by molar-refractivity contribution is 5.46. The van der Waals surface area contributed by atoms with Gasteiger partial charge < -0.3 is 10.6 Å². The van der Waals surface area contributed by atoms with Crippen LogP contribution in [0.4, 0.5) is 0 Å². The lowest BCUT2D eigenvalue weighted by molar-refractivity contribution is 0.390. The van der Waals surface area contributed by atoms with Gasteiger partial charge in [-0.2, -0.15) is 0 Å². The molecule has 0 aromatic heterocycles. The largest absolute Gasteiger partial charge is 0.323 e. The van der Waals surface area contributed by atoms with E-state index in [2.05, 4.69) is 11.9 Å². The van der Waals surface area contributed by atoms with Crippen molar-refractivity contribution in [1.29, 1.82) is 0 Å². The Morgan fingerprint density at radius 2 is 2.38 bits per heavy atom. The number of hydrogen-bond acceptors (Lipinski definition) is 2. The van der Waals surface area contributed by atoms with Gasteiger partial charge in [-0.05, 0) is 13.0 Å². The molecule has 0 radical (unpaired) electrons. The second-order valence-electron chi connectivity index (χ2n) is 3.52. The van der Waals surface area contributed by atoms with Crippen LogP contribution < -0.4 is 5.73 Å². The van der Waals surface area contributed by atoms with Crippen LogP contribution in [0.3, 0.4) is 0 Å². The Balaban J connectivity index is 2.06. The highest BCUT2D eigenvalue weighted by Crippen LogP contribution is 2.76. The van der Waals surface area contributed by atoms with Crippen LogP contribution in [0.1, 0.15) is 0 Å². The molecule has 0 aromatic rings. The topological polar surface area (TPSA) is 29.3 Å². The van der Waals surface area contributed by atoms with E-state index in [1.807, 2.05) is 0 Å². The zero-order valence-electron chi connectivity index (χ0n) is 4.96. The van der Waals surface area contributed by atoms with Gasteiger partial charge in [-0.15, -0.1) is 0 Å². The van der Waals surface area contributed by atoms with Crippen LogP contribution in [0.15, 0.2) is 0 Å². The van der Waals surface area contributed by atoms with E-state index in [1.54, 1.807) is 0 Å². The molecule has 44 valence electrons. The Morgan fingerprint density at radius 1 is 1.75 bits per heavy atom. The fraction of sp³-hybridized carbons (Fsp3) is 1.00. The summed E-state index contributed by atoms with van der Waals surface area (Å²) in [5.41, 5.74) is 6.28. The average molecular weight is 110 g/mol. The van der Waals surface area contributed by atoms with E-state index in [1.165, 1.54) is 6.54 Å². The second kappa shape index (κ2) is 0.677. The molecule has 0 aromatic carbocycles. The van der Waals surface area contributed by atoms with E-state index in [0.717, 1.165) is 17.9 Å². The minimum Gasteiger partial charge on any atom is -0.323 e. The molecule has 8 heavy (non-hydrogen) atoms. The van der Waals surface area contributed by atoms with Crippen molar-refractivity contribution in [1.82, 2.24) is 4.90 Å². The maximum Gasteiger partial charge on any atom is 0.0408 e. The minimum atomic E-state index is 0.342. The summed E-state index contributed by atoms with van der Waals surface area (Å²) in [5.74, 6) is 1.82. The molecular formula is C6H10N2. The fourth-order valence-corrected chi connectivity index (χ4v) is 2.64. The van der Waals surface area contributed by atoms with Gasteiger partial charge in [0.15, 0.2) is 0 Å². The molecule has 4 atom stereocenters. The summed E-state index contributed by atoms with van der Waals surface area (Å²) in [6.45, 7) is 1.27. The highest BCUT2D eigenvalue weighted by atomic mass is 15.4. The van der Waals surface area contributed by atoms with Crippen LogP contribution in [-0.4, -0.2) is 30.1 Å². The molecule has 4 aliphatic rings. The SMILES string of the molecule is CN1CC2C3C1C23N. The summed E-state index contributed by atoms with van der Waals surface area (Å²) >= 11 is 0. The smallest absolute Gasteiger partial charge is 0.0408 e. The van der Waals surface area contributed by atoms with Crippen molar-refractivity contribution in [3.63, 3.8) is 0 Å². The van der Waals surface area contributed by atoms with Crippen molar-refractivity contribution in [3.8, 4) is 0 Å². The summed E-state index contributed by atoms with van der Waals surface area (Å²) < 4.78 is 0. The molecule has 2 saturated heterocycles. The number of hydrogen-bond donors (Lipinski definition) is 1. The fourth-order valence-electron chi connectivity index (χ4n) is 2.64. The number of fused-ring (bicyclic) bond motifs is 1. The molecule has 2 bridgehead atoms. The quantitative estimate of drug-likeness (QED) is 0.445. The zero-order valence-corrected chi connectivity index (χ0v) is 4.96. The van der Waals surface area contributed by atoms with Crippen molar-refractivity contribution in [2.45, 2.75) is 11.6 Å². The summed E-state index contributed by atoms with van der Waals surface area (Å²) in [6.07, 6.45) is 0. The van der Waals surface area contributed by atoms with Crippen LogP contribution in [0.5, 0.6) is 0 Å². The predicted molar refractivity (Wildman–Crippen MR) is 30.3 cm³/mol. The Kier molecular flexibility index (Phi) is 0.326. The van der Waals surface area contributed by atoms with Crippen LogP contribution in [0, 0.1) is 11.8 Å². The molecule has 2 saturated carbocycles. The van der Waals surface area contributed by atoms with E-state index in [9.17, 15) is 0 Å². The molecule has 0 spiro atoms. The van der Waals surface area contributed by atoms with Crippen molar-refractivity contribution in [3.05, 3.63) is 0 Å². The maximum atomic E-state index is 5.94. The van der Waals surface area contributed by atoms with Crippen LogP contribution in [0.25, 0.3) is 0 Å². The molecule has 4 fully saturated rings. The van der Waals surface area contributed by atoms with Gasteiger partial charge in [0.1, 0.15) is 0 Å². The number of rotatable bonds is 0. The lowest BCUT2D eigenvalue weighted by Crippen LogP contribution is -2.25. The third kappa shape index (κ3) is 0.160. The first-order chi connectivity index (χ1) is 3.76. The third-order valence-electron chi connectivity index (χ3n) is 3.25. The van der Waals surface area contributed by atoms with Gasteiger partial charge in [-0.1, -0.05) is 0 Å². The van der Waals surface area contributed by atoms with E-state index >= 15 is 0 Å². The number of piperidine rings is 1. The standard InChI is InChI=1S/C6H10N2/c1-8-2-3-4-5(8)6(3,4)7/h3-5H,2,7H2,1H3. The normalized spacial score (nSPS) is 75.0. The number of nitrogens with two attached hydrogens (primary N) is 1. The molecule has 0 amide bonds. The molecular weight excluding hydrogens is 100 g/mol. The summed E-state index contributed by atoms with van der Waals surface area (Å²) in [6, 6.07) is 0.799. The van der Waals surface area contributed by atoms with E-state index in [4.69, 9.17) is 5.73 Å². The van der Waals surface area contributed by atoms with Gasteiger partial charge in [0.2, 0.25) is 0 Å². The molecule has 2 aliphatic carbocycles. The van der Waals surface area contributed by atoms with Crippen molar-refractivity contribution < 1.29 is 0 Å².